The van der Waals surface area contributed by atoms with Gasteiger partial charge in [0.1, 0.15) is 11.4 Å². The van der Waals surface area contributed by atoms with E-state index >= 15 is 0 Å². The molecule has 2 aromatic rings. The Kier molecular flexibility index (Phi) is 6.40. The van der Waals surface area contributed by atoms with E-state index in [1.807, 2.05) is 0 Å². The molecule has 0 aliphatic carbocycles. The van der Waals surface area contributed by atoms with Gasteiger partial charge >= 0.3 is 11.5 Å². The summed E-state index contributed by atoms with van der Waals surface area (Å²) in [5.74, 6) is -0.584. The number of pyridine rings is 1. The number of anilines is 2. The number of carbonyl (C=O) groups excluding carboxylic acids is 2. The third-order valence-corrected chi connectivity index (χ3v) is 6.23. The van der Waals surface area contributed by atoms with Gasteiger partial charge in [-0.3, -0.25) is 9.52 Å². The molecule has 1 saturated heterocycles. The fourth-order valence-corrected chi connectivity index (χ4v) is 4.10. The van der Waals surface area contributed by atoms with Crippen LogP contribution in [0.1, 0.15) is 12.5 Å². The average molecular weight is 490 g/mol. The summed E-state index contributed by atoms with van der Waals surface area (Å²) >= 11 is -0.301. The summed E-state index contributed by atoms with van der Waals surface area (Å²) in [4.78, 5) is 30.2. The van der Waals surface area contributed by atoms with Crippen molar-refractivity contribution in [2.75, 3.05) is 16.7 Å². The number of urea groups is 1. The molecular weight excluding hydrogens is 471 g/mol. The standard InChI is InChI=1S/C18H18F3N5O4S2/c1-17(10-11-7-8-23-14(9-11)25-32(29,30)22-2)15(27)26(16(28)24-17)12-3-5-13(6-4-12)31-18(19,20)21/h3-9,22H,10H2,1-2H3,(H,23,25)(H,24,28). The maximum Gasteiger partial charge on any atom is 0.446 e. The zero-order valence-corrected chi connectivity index (χ0v) is 18.4. The topological polar surface area (TPSA) is 121 Å². The van der Waals surface area contributed by atoms with Gasteiger partial charge in [-0.25, -0.2) is 19.4 Å². The van der Waals surface area contributed by atoms with Crippen molar-refractivity contribution >= 4 is 45.4 Å². The molecule has 3 rings (SSSR count). The SMILES string of the molecule is CNS(=O)(=O)Nc1cc(CC2(C)NC(=O)N(c3ccc(SC(F)(F)F)cc3)C2=O)ccn1. The molecule has 1 fully saturated rings. The van der Waals surface area contributed by atoms with Crippen LogP contribution in [0.15, 0.2) is 47.5 Å². The molecule has 1 aromatic heterocycles. The van der Waals surface area contributed by atoms with Crippen LogP contribution < -0.4 is 19.7 Å². The van der Waals surface area contributed by atoms with Crippen molar-refractivity contribution in [3.05, 3.63) is 48.2 Å². The highest BCUT2D eigenvalue weighted by Gasteiger charge is 2.48. The minimum Gasteiger partial charge on any atom is -0.323 e. The lowest BCUT2D eigenvalue weighted by Gasteiger charge is -2.22. The lowest BCUT2D eigenvalue weighted by Crippen LogP contribution is -2.46. The second kappa shape index (κ2) is 8.60. The van der Waals surface area contributed by atoms with Crippen molar-refractivity contribution in [2.24, 2.45) is 0 Å². The molecule has 1 aromatic carbocycles. The summed E-state index contributed by atoms with van der Waals surface area (Å²) < 4.78 is 65.1. The molecule has 0 radical (unpaired) electrons. The van der Waals surface area contributed by atoms with Crippen molar-refractivity contribution in [1.29, 1.82) is 0 Å². The highest BCUT2D eigenvalue weighted by atomic mass is 32.2. The molecular formula is C18H18F3N5O4S2. The van der Waals surface area contributed by atoms with Crippen molar-refractivity contribution < 1.29 is 31.2 Å². The summed E-state index contributed by atoms with van der Waals surface area (Å²) in [6, 6.07) is 7.13. The van der Waals surface area contributed by atoms with Gasteiger partial charge in [0.15, 0.2) is 0 Å². The second-order valence-corrected chi connectivity index (χ2v) is 9.74. The lowest BCUT2D eigenvalue weighted by atomic mass is 9.93. The van der Waals surface area contributed by atoms with E-state index in [4.69, 9.17) is 0 Å². The van der Waals surface area contributed by atoms with Gasteiger partial charge in [0, 0.05) is 24.6 Å². The van der Waals surface area contributed by atoms with E-state index in [1.165, 1.54) is 50.5 Å². The van der Waals surface area contributed by atoms with Gasteiger partial charge in [-0.2, -0.15) is 21.6 Å². The number of thioether (sulfide) groups is 1. The highest BCUT2D eigenvalue weighted by molar-refractivity contribution is 8.00. The van der Waals surface area contributed by atoms with Crippen LogP contribution in [0.5, 0.6) is 0 Å². The zero-order valence-electron chi connectivity index (χ0n) is 16.7. The van der Waals surface area contributed by atoms with Gasteiger partial charge in [-0.15, -0.1) is 0 Å². The fraction of sp³-hybridized carbons (Fsp3) is 0.278. The largest absolute Gasteiger partial charge is 0.446 e. The van der Waals surface area contributed by atoms with E-state index in [2.05, 4.69) is 19.7 Å². The van der Waals surface area contributed by atoms with Gasteiger partial charge in [-0.05, 0) is 60.6 Å². The summed E-state index contributed by atoms with van der Waals surface area (Å²) in [6.45, 7) is 1.50. The highest BCUT2D eigenvalue weighted by Crippen LogP contribution is 2.38. The summed E-state index contributed by atoms with van der Waals surface area (Å²) in [6.07, 6.45) is 1.37. The fourth-order valence-electron chi connectivity index (χ4n) is 3.07. The smallest absolute Gasteiger partial charge is 0.323 e. The molecule has 32 heavy (non-hydrogen) atoms. The maximum atomic E-state index is 13.0. The Hall–Kier alpha value is -2.84. The molecule has 1 atom stereocenters. The average Bonchev–Trinajstić information content (AvgIpc) is 2.89. The molecule has 0 saturated carbocycles. The van der Waals surface area contributed by atoms with Crippen molar-refractivity contribution in [3.63, 3.8) is 0 Å². The number of carbonyl (C=O) groups is 2. The van der Waals surface area contributed by atoms with Crippen molar-refractivity contribution in [1.82, 2.24) is 15.0 Å². The Bertz CT molecular complexity index is 1140. The van der Waals surface area contributed by atoms with Crippen LogP contribution in [0, 0.1) is 0 Å². The van der Waals surface area contributed by atoms with E-state index in [9.17, 15) is 31.2 Å². The first-order valence-electron chi connectivity index (χ1n) is 9.01. The molecule has 1 unspecified atom stereocenters. The first-order valence-corrected chi connectivity index (χ1v) is 11.3. The van der Waals surface area contributed by atoms with Crippen LogP contribution >= 0.6 is 11.8 Å². The molecule has 3 N–H and O–H groups in total. The van der Waals surface area contributed by atoms with Crippen LogP contribution in [0.4, 0.5) is 29.5 Å². The first kappa shape index (κ1) is 23.8. The minimum atomic E-state index is -4.45. The maximum absolute atomic E-state index is 13.0. The number of alkyl halides is 3. The van der Waals surface area contributed by atoms with Gasteiger partial charge in [0.25, 0.3) is 16.1 Å². The number of nitrogens with one attached hydrogen (secondary N) is 3. The van der Waals surface area contributed by atoms with Crippen molar-refractivity contribution in [2.45, 2.75) is 29.3 Å². The Morgan fingerprint density at radius 2 is 1.84 bits per heavy atom. The van der Waals surface area contributed by atoms with Crippen LogP contribution in [0.25, 0.3) is 0 Å². The zero-order chi connectivity index (χ0) is 23.7. The molecule has 9 nitrogen and oxygen atoms in total. The van der Waals surface area contributed by atoms with E-state index in [0.29, 0.717) is 5.56 Å². The van der Waals surface area contributed by atoms with E-state index < -0.39 is 33.2 Å². The number of nitrogens with zero attached hydrogens (tertiary/aromatic N) is 2. The monoisotopic (exact) mass is 489 g/mol. The molecule has 0 spiro atoms. The van der Waals surface area contributed by atoms with Gasteiger partial charge in [-0.1, -0.05) is 0 Å². The Morgan fingerprint density at radius 3 is 2.44 bits per heavy atom. The second-order valence-electron chi connectivity index (χ2n) is 6.98. The van der Waals surface area contributed by atoms with E-state index in [1.54, 1.807) is 6.07 Å². The quantitative estimate of drug-likeness (QED) is 0.406. The Balaban J connectivity index is 1.79. The molecule has 2 heterocycles. The van der Waals surface area contributed by atoms with E-state index in [-0.39, 0.29) is 34.6 Å². The number of hydrogen-bond donors (Lipinski definition) is 3. The number of benzene rings is 1. The van der Waals surface area contributed by atoms with Gasteiger partial charge in [0.2, 0.25) is 0 Å². The number of hydrogen-bond acceptors (Lipinski definition) is 6. The summed E-state index contributed by atoms with van der Waals surface area (Å²) in [7, 11) is -2.57. The van der Waals surface area contributed by atoms with Crippen LogP contribution in [0.2, 0.25) is 0 Å². The molecule has 3 amide bonds. The molecule has 14 heteroatoms. The predicted molar refractivity (Wildman–Crippen MR) is 112 cm³/mol. The molecule has 1 aliphatic heterocycles. The molecule has 172 valence electrons. The van der Waals surface area contributed by atoms with Crippen LogP contribution in [-0.2, 0) is 21.4 Å². The van der Waals surface area contributed by atoms with Gasteiger partial charge in [0.05, 0.1) is 5.69 Å². The first-order chi connectivity index (χ1) is 14.8. The van der Waals surface area contributed by atoms with Gasteiger partial charge < -0.3 is 5.32 Å². The van der Waals surface area contributed by atoms with Crippen LogP contribution in [-0.4, -0.2) is 43.4 Å². The lowest BCUT2D eigenvalue weighted by molar-refractivity contribution is -0.121. The number of imide groups is 1. The third kappa shape index (κ3) is 5.49. The van der Waals surface area contributed by atoms with Crippen molar-refractivity contribution in [3.8, 4) is 0 Å². The molecule has 0 bridgehead atoms. The number of aromatic nitrogens is 1. The Labute approximate surface area is 186 Å². The Morgan fingerprint density at radius 1 is 1.19 bits per heavy atom. The molecule has 1 aliphatic rings. The van der Waals surface area contributed by atoms with E-state index in [0.717, 1.165) is 4.90 Å². The summed E-state index contributed by atoms with van der Waals surface area (Å²) in [5, 5.41) is 2.59. The summed E-state index contributed by atoms with van der Waals surface area (Å²) in [5.41, 5.74) is -5.17. The van der Waals surface area contributed by atoms with Crippen LogP contribution in [0.3, 0.4) is 0 Å². The normalized spacial score (nSPS) is 19.2. The minimum absolute atomic E-state index is 0.0202. The predicted octanol–water partition coefficient (Wildman–Crippen LogP) is 2.63. The third-order valence-electron chi connectivity index (χ3n) is 4.48. The number of amides is 3. The number of rotatable bonds is 7. The number of halogens is 3.